The molecule has 182 valence electrons. The van der Waals surface area contributed by atoms with Gasteiger partial charge in [-0.2, -0.15) is 0 Å². The number of benzene rings is 1. The normalized spacial score (nSPS) is 10.9. The Bertz CT molecular complexity index is 1090. The summed E-state index contributed by atoms with van der Waals surface area (Å²) in [6.45, 7) is 6.29. The van der Waals surface area contributed by atoms with E-state index in [0.717, 1.165) is 11.3 Å². The molecule has 0 atom stereocenters. The van der Waals surface area contributed by atoms with Crippen molar-refractivity contribution in [1.82, 2.24) is 9.80 Å². The highest BCUT2D eigenvalue weighted by molar-refractivity contribution is 5.94. The van der Waals surface area contributed by atoms with Crippen molar-refractivity contribution in [2.75, 3.05) is 27.3 Å². The first kappa shape index (κ1) is 25.0. The summed E-state index contributed by atoms with van der Waals surface area (Å²) < 4.78 is 21.7. The summed E-state index contributed by atoms with van der Waals surface area (Å²) in [7, 11) is 3.18. The van der Waals surface area contributed by atoms with Gasteiger partial charge in [-0.3, -0.25) is 9.59 Å². The Hall–Kier alpha value is -3.68. The zero-order chi connectivity index (χ0) is 24.7. The van der Waals surface area contributed by atoms with Crippen LogP contribution in [-0.4, -0.2) is 55.0 Å². The Morgan fingerprint density at radius 3 is 2.38 bits per heavy atom. The minimum Gasteiger partial charge on any atom is -0.493 e. The number of methoxy groups -OCH3 is 2. The van der Waals surface area contributed by atoms with Crippen molar-refractivity contribution < 1.29 is 27.9 Å². The predicted molar refractivity (Wildman–Crippen MR) is 127 cm³/mol. The molecule has 1 aromatic carbocycles. The van der Waals surface area contributed by atoms with Crippen LogP contribution in [0.4, 0.5) is 0 Å². The van der Waals surface area contributed by atoms with Crippen molar-refractivity contribution >= 4 is 11.8 Å². The number of amides is 2. The van der Waals surface area contributed by atoms with Gasteiger partial charge >= 0.3 is 0 Å². The van der Waals surface area contributed by atoms with Crippen LogP contribution in [0.15, 0.2) is 57.6 Å². The lowest BCUT2D eigenvalue weighted by Crippen LogP contribution is -2.46. The summed E-state index contributed by atoms with van der Waals surface area (Å²) in [6.07, 6.45) is 2.04. The molecule has 0 aliphatic heterocycles. The lowest BCUT2D eigenvalue weighted by atomic mass is 10.1. The van der Waals surface area contributed by atoms with Gasteiger partial charge in [0.15, 0.2) is 17.3 Å². The van der Waals surface area contributed by atoms with Gasteiger partial charge in [0, 0.05) is 12.6 Å². The van der Waals surface area contributed by atoms with Gasteiger partial charge < -0.3 is 28.1 Å². The molecular formula is C26H32N2O6. The van der Waals surface area contributed by atoms with Crippen LogP contribution in [0.2, 0.25) is 0 Å². The number of hydrogen-bond donors (Lipinski definition) is 0. The number of carbonyl (C=O) groups is 2. The predicted octanol–water partition coefficient (Wildman–Crippen LogP) is 4.32. The first-order valence-electron chi connectivity index (χ1n) is 11.2. The SMILES string of the molecule is COc1ccc(CCN(Cc2ccc(C)o2)C(=O)CN(C(=O)c2ccco2)C(C)C)cc1OC. The zero-order valence-corrected chi connectivity index (χ0v) is 20.4. The summed E-state index contributed by atoms with van der Waals surface area (Å²) in [5, 5.41) is 0. The van der Waals surface area contributed by atoms with Gasteiger partial charge in [-0.1, -0.05) is 6.07 Å². The highest BCUT2D eigenvalue weighted by Crippen LogP contribution is 2.28. The molecule has 3 rings (SSSR count). The molecule has 0 aliphatic carbocycles. The van der Waals surface area contributed by atoms with E-state index in [9.17, 15) is 9.59 Å². The lowest BCUT2D eigenvalue weighted by molar-refractivity contribution is -0.133. The molecular weight excluding hydrogens is 436 g/mol. The quantitative estimate of drug-likeness (QED) is 0.417. The van der Waals surface area contributed by atoms with Gasteiger partial charge in [-0.05, 0) is 69.2 Å². The second kappa shape index (κ2) is 11.4. The monoisotopic (exact) mass is 468 g/mol. The Morgan fingerprint density at radius 2 is 1.79 bits per heavy atom. The first-order valence-corrected chi connectivity index (χ1v) is 11.2. The summed E-state index contributed by atoms with van der Waals surface area (Å²) in [5.41, 5.74) is 0.999. The molecule has 0 unspecified atom stereocenters. The fourth-order valence-corrected chi connectivity index (χ4v) is 3.63. The van der Waals surface area contributed by atoms with Crippen molar-refractivity contribution in [2.45, 2.75) is 39.8 Å². The largest absolute Gasteiger partial charge is 0.493 e. The number of rotatable bonds is 11. The van der Waals surface area contributed by atoms with Crippen molar-refractivity contribution in [3.8, 4) is 11.5 Å². The van der Waals surface area contributed by atoms with Gasteiger partial charge in [-0.15, -0.1) is 0 Å². The van der Waals surface area contributed by atoms with Gasteiger partial charge in [0.25, 0.3) is 5.91 Å². The van der Waals surface area contributed by atoms with E-state index in [-0.39, 0.29) is 30.2 Å². The number of ether oxygens (including phenoxy) is 2. The molecule has 2 aromatic heterocycles. The van der Waals surface area contributed by atoms with Crippen molar-refractivity contribution in [3.05, 3.63) is 71.6 Å². The summed E-state index contributed by atoms with van der Waals surface area (Å²) in [6, 6.07) is 12.5. The molecule has 0 spiro atoms. The first-order chi connectivity index (χ1) is 16.3. The zero-order valence-electron chi connectivity index (χ0n) is 20.4. The van der Waals surface area contributed by atoms with Gasteiger partial charge in [-0.25, -0.2) is 0 Å². The average molecular weight is 469 g/mol. The standard InChI is InChI=1S/C26H32N2O6/c1-18(2)28(26(30)23-7-6-14-33-23)17-25(29)27(16-21-10-8-19(3)34-21)13-12-20-9-11-22(31-4)24(15-20)32-5/h6-11,14-15,18H,12-13,16-17H2,1-5H3. The second-order valence-electron chi connectivity index (χ2n) is 8.27. The molecule has 34 heavy (non-hydrogen) atoms. The Morgan fingerprint density at radius 1 is 1.03 bits per heavy atom. The maximum Gasteiger partial charge on any atom is 0.290 e. The van der Waals surface area contributed by atoms with E-state index < -0.39 is 0 Å². The molecule has 0 bridgehead atoms. The fraction of sp³-hybridized carbons (Fsp3) is 0.385. The summed E-state index contributed by atoms with van der Waals surface area (Å²) >= 11 is 0. The minimum atomic E-state index is -0.318. The van der Waals surface area contributed by atoms with Crippen LogP contribution >= 0.6 is 0 Å². The third kappa shape index (κ3) is 6.21. The van der Waals surface area contributed by atoms with E-state index in [1.54, 1.807) is 31.3 Å². The fourth-order valence-electron chi connectivity index (χ4n) is 3.63. The van der Waals surface area contributed by atoms with E-state index >= 15 is 0 Å². The molecule has 0 saturated carbocycles. The Labute approximate surface area is 200 Å². The van der Waals surface area contributed by atoms with Crippen LogP contribution in [0, 0.1) is 6.92 Å². The van der Waals surface area contributed by atoms with Crippen LogP contribution < -0.4 is 9.47 Å². The van der Waals surface area contributed by atoms with E-state index in [4.69, 9.17) is 18.3 Å². The number of furan rings is 2. The van der Waals surface area contributed by atoms with Crippen molar-refractivity contribution in [3.63, 3.8) is 0 Å². The van der Waals surface area contributed by atoms with Crippen LogP contribution in [0.5, 0.6) is 11.5 Å². The number of hydrogen-bond acceptors (Lipinski definition) is 6. The van der Waals surface area contributed by atoms with Crippen molar-refractivity contribution in [2.24, 2.45) is 0 Å². The highest BCUT2D eigenvalue weighted by Gasteiger charge is 2.26. The van der Waals surface area contributed by atoms with Gasteiger partial charge in [0.1, 0.15) is 18.1 Å². The molecule has 0 radical (unpaired) electrons. The molecule has 0 aliphatic rings. The van der Waals surface area contributed by atoms with Gasteiger partial charge in [0.2, 0.25) is 5.91 Å². The third-order valence-corrected chi connectivity index (χ3v) is 5.54. The second-order valence-corrected chi connectivity index (χ2v) is 8.27. The molecule has 0 N–H and O–H groups in total. The van der Waals surface area contributed by atoms with E-state index in [1.165, 1.54) is 11.2 Å². The number of aryl methyl sites for hydroxylation is 1. The molecule has 0 saturated heterocycles. The lowest BCUT2D eigenvalue weighted by Gasteiger charge is -2.29. The number of nitrogens with zero attached hydrogens (tertiary/aromatic N) is 2. The van der Waals surface area contributed by atoms with E-state index in [2.05, 4.69) is 0 Å². The molecule has 2 amide bonds. The maximum atomic E-state index is 13.4. The minimum absolute atomic E-state index is 0.0666. The van der Waals surface area contributed by atoms with Crippen LogP contribution in [-0.2, 0) is 17.8 Å². The van der Waals surface area contributed by atoms with Crippen molar-refractivity contribution in [1.29, 1.82) is 0 Å². The van der Waals surface area contributed by atoms with Crippen LogP contribution in [0.25, 0.3) is 0 Å². The highest BCUT2D eigenvalue weighted by atomic mass is 16.5. The van der Waals surface area contributed by atoms with E-state index in [0.29, 0.717) is 36.8 Å². The number of carbonyl (C=O) groups excluding carboxylic acids is 2. The van der Waals surface area contributed by atoms with Gasteiger partial charge in [0.05, 0.1) is 27.0 Å². The molecule has 2 heterocycles. The van der Waals surface area contributed by atoms with Crippen LogP contribution in [0.1, 0.15) is 41.5 Å². The molecule has 8 heteroatoms. The molecule has 8 nitrogen and oxygen atoms in total. The summed E-state index contributed by atoms with van der Waals surface area (Å²) in [4.78, 5) is 29.5. The van der Waals surface area contributed by atoms with Crippen LogP contribution in [0.3, 0.4) is 0 Å². The smallest absolute Gasteiger partial charge is 0.290 e. The molecule has 3 aromatic rings. The van der Waals surface area contributed by atoms with E-state index in [1.807, 2.05) is 51.1 Å². The third-order valence-electron chi connectivity index (χ3n) is 5.54. The Balaban J connectivity index is 1.77. The molecule has 0 fully saturated rings. The average Bonchev–Trinajstić information content (AvgIpc) is 3.51. The Kier molecular flexibility index (Phi) is 8.40. The topological polar surface area (TPSA) is 85.4 Å². The summed E-state index contributed by atoms with van der Waals surface area (Å²) in [5.74, 6) is 2.46. The maximum absolute atomic E-state index is 13.4.